The second-order valence-corrected chi connectivity index (χ2v) is 12.0. The molecule has 0 saturated carbocycles. The molecule has 0 spiro atoms. The SMILES string of the molecule is COc1cc(Cl)cc2[nH]c(C(=O)N[C@@H](CC(C)(C)C)C(=O)N[C@@H](C[C@@H]3CC(C)(C)NC3=O)C(N)=O)cc12. The van der Waals surface area contributed by atoms with Crippen LogP contribution in [0.4, 0.5) is 0 Å². The number of H-pyrrole nitrogens is 1. The summed E-state index contributed by atoms with van der Waals surface area (Å²) in [7, 11) is 1.51. The van der Waals surface area contributed by atoms with Crippen LogP contribution in [0.5, 0.6) is 5.75 Å². The van der Waals surface area contributed by atoms with Crippen molar-refractivity contribution in [2.75, 3.05) is 7.11 Å². The van der Waals surface area contributed by atoms with E-state index in [1.165, 1.54) is 7.11 Å². The van der Waals surface area contributed by atoms with Crippen LogP contribution in [0.15, 0.2) is 18.2 Å². The summed E-state index contributed by atoms with van der Waals surface area (Å²) in [5.41, 5.74) is 5.68. The molecule has 1 saturated heterocycles. The van der Waals surface area contributed by atoms with E-state index < -0.39 is 41.3 Å². The van der Waals surface area contributed by atoms with Crippen molar-refractivity contribution in [2.24, 2.45) is 17.1 Å². The number of benzene rings is 1. The fourth-order valence-electron chi connectivity index (χ4n) is 4.71. The summed E-state index contributed by atoms with van der Waals surface area (Å²) in [6.45, 7) is 9.60. The summed E-state index contributed by atoms with van der Waals surface area (Å²) >= 11 is 6.13. The molecule has 202 valence electrons. The van der Waals surface area contributed by atoms with Crippen LogP contribution >= 0.6 is 11.6 Å². The fourth-order valence-corrected chi connectivity index (χ4v) is 4.92. The Labute approximate surface area is 221 Å². The van der Waals surface area contributed by atoms with Crippen LogP contribution in [-0.4, -0.2) is 53.3 Å². The Hall–Kier alpha value is -3.27. The molecule has 1 aliphatic heterocycles. The number of carbonyl (C=O) groups is 4. The molecule has 10 nitrogen and oxygen atoms in total. The average Bonchev–Trinajstić information content (AvgIpc) is 3.30. The van der Waals surface area contributed by atoms with E-state index in [0.29, 0.717) is 34.5 Å². The lowest BCUT2D eigenvalue weighted by atomic mass is 9.87. The highest BCUT2D eigenvalue weighted by Crippen LogP contribution is 2.31. The molecule has 1 aromatic carbocycles. The van der Waals surface area contributed by atoms with Gasteiger partial charge in [-0.1, -0.05) is 32.4 Å². The Bertz CT molecular complexity index is 1220. The van der Waals surface area contributed by atoms with Gasteiger partial charge in [-0.3, -0.25) is 19.2 Å². The molecular weight excluding hydrogens is 498 g/mol. The van der Waals surface area contributed by atoms with Gasteiger partial charge in [0.1, 0.15) is 23.5 Å². The molecule has 1 aromatic heterocycles. The van der Waals surface area contributed by atoms with E-state index in [4.69, 9.17) is 22.1 Å². The maximum Gasteiger partial charge on any atom is 0.268 e. The molecule has 1 aliphatic rings. The zero-order chi connectivity index (χ0) is 27.7. The third-order valence-corrected chi connectivity index (χ3v) is 6.56. The van der Waals surface area contributed by atoms with E-state index in [1.54, 1.807) is 18.2 Å². The summed E-state index contributed by atoms with van der Waals surface area (Å²) in [5.74, 6) is -1.94. The molecule has 2 heterocycles. The predicted octanol–water partition coefficient (Wildman–Crippen LogP) is 2.64. The maximum absolute atomic E-state index is 13.3. The van der Waals surface area contributed by atoms with Gasteiger partial charge in [0, 0.05) is 21.9 Å². The highest BCUT2D eigenvalue weighted by Gasteiger charge is 2.40. The number of halogens is 1. The van der Waals surface area contributed by atoms with Crippen LogP contribution in [0, 0.1) is 11.3 Å². The van der Waals surface area contributed by atoms with Crippen LogP contribution in [0.3, 0.4) is 0 Å². The lowest BCUT2D eigenvalue weighted by Crippen LogP contribution is -2.54. The van der Waals surface area contributed by atoms with Gasteiger partial charge >= 0.3 is 0 Å². The Morgan fingerprint density at radius 1 is 1.19 bits per heavy atom. The second-order valence-electron chi connectivity index (χ2n) is 11.5. The zero-order valence-electron chi connectivity index (χ0n) is 22.1. The fraction of sp³-hybridized carbons (Fsp3) is 0.538. The first-order chi connectivity index (χ1) is 17.1. The molecule has 37 heavy (non-hydrogen) atoms. The number of methoxy groups -OCH3 is 1. The number of rotatable bonds is 9. The van der Waals surface area contributed by atoms with E-state index >= 15 is 0 Å². The molecule has 0 aliphatic carbocycles. The molecule has 3 rings (SSSR count). The standard InChI is InChI=1S/C26H36ClN5O5/c1-25(2,3)12-19(24(36)30-17(21(28)33)7-13-11-26(4,5)32-22(13)34)31-23(35)18-10-15-16(29-18)8-14(27)9-20(15)37-6/h8-10,13,17,19,29H,7,11-12H2,1-6H3,(H2,28,33)(H,30,36)(H,31,35)(H,32,34)/t13-,17+,19+/m1/s1. The molecule has 3 atom stereocenters. The van der Waals surface area contributed by atoms with E-state index in [2.05, 4.69) is 20.9 Å². The number of primary amides is 1. The van der Waals surface area contributed by atoms with Crippen LogP contribution in [0.2, 0.25) is 5.02 Å². The average molecular weight is 534 g/mol. The van der Waals surface area contributed by atoms with Gasteiger partial charge in [0.05, 0.1) is 12.6 Å². The van der Waals surface area contributed by atoms with E-state index in [-0.39, 0.29) is 23.4 Å². The Kier molecular flexibility index (Phi) is 8.12. The Morgan fingerprint density at radius 2 is 1.86 bits per heavy atom. The van der Waals surface area contributed by atoms with Gasteiger partial charge in [0.2, 0.25) is 17.7 Å². The van der Waals surface area contributed by atoms with Gasteiger partial charge in [-0.05, 0) is 56.7 Å². The Balaban J connectivity index is 1.79. The minimum absolute atomic E-state index is 0.0785. The molecule has 11 heteroatoms. The second kappa shape index (κ2) is 10.6. The van der Waals surface area contributed by atoms with Crippen molar-refractivity contribution in [3.63, 3.8) is 0 Å². The highest BCUT2D eigenvalue weighted by atomic mass is 35.5. The van der Waals surface area contributed by atoms with Crippen molar-refractivity contribution < 1.29 is 23.9 Å². The molecule has 0 unspecified atom stereocenters. The number of nitrogens with one attached hydrogen (secondary N) is 4. The van der Waals surface area contributed by atoms with Crippen LogP contribution in [0.25, 0.3) is 10.9 Å². The minimum Gasteiger partial charge on any atom is -0.496 e. The number of aromatic nitrogens is 1. The topological polar surface area (TPSA) is 155 Å². The quantitative estimate of drug-likeness (QED) is 0.335. The summed E-state index contributed by atoms with van der Waals surface area (Å²) in [4.78, 5) is 54.0. The van der Waals surface area contributed by atoms with Gasteiger partial charge < -0.3 is 31.4 Å². The number of aromatic amines is 1. The zero-order valence-corrected chi connectivity index (χ0v) is 22.8. The van der Waals surface area contributed by atoms with E-state index in [1.807, 2.05) is 34.6 Å². The van der Waals surface area contributed by atoms with Crippen LogP contribution in [-0.2, 0) is 14.4 Å². The lowest BCUT2D eigenvalue weighted by Gasteiger charge is -2.28. The molecular formula is C26H36ClN5O5. The first-order valence-electron chi connectivity index (χ1n) is 12.2. The van der Waals surface area contributed by atoms with Crippen molar-refractivity contribution in [3.8, 4) is 5.75 Å². The largest absolute Gasteiger partial charge is 0.496 e. The number of fused-ring (bicyclic) bond motifs is 1. The molecule has 4 amide bonds. The highest BCUT2D eigenvalue weighted by molar-refractivity contribution is 6.31. The molecule has 0 bridgehead atoms. The molecule has 2 aromatic rings. The molecule has 1 fully saturated rings. The van der Waals surface area contributed by atoms with Crippen molar-refractivity contribution in [3.05, 3.63) is 28.9 Å². The third kappa shape index (κ3) is 7.15. The third-order valence-electron chi connectivity index (χ3n) is 6.34. The Morgan fingerprint density at radius 3 is 2.41 bits per heavy atom. The van der Waals surface area contributed by atoms with Gasteiger partial charge in [-0.25, -0.2) is 0 Å². The van der Waals surface area contributed by atoms with E-state index in [0.717, 1.165) is 0 Å². The molecule has 0 radical (unpaired) electrons. The van der Waals surface area contributed by atoms with Gasteiger partial charge in [-0.15, -0.1) is 0 Å². The van der Waals surface area contributed by atoms with Gasteiger partial charge in [-0.2, -0.15) is 0 Å². The maximum atomic E-state index is 13.3. The van der Waals surface area contributed by atoms with Crippen LogP contribution < -0.4 is 26.4 Å². The van der Waals surface area contributed by atoms with Crippen molar-refractivity contribution >= 4 is 46.1 Å². The summed E-state index contributed by atoms with van der Waals surface area (Å²) in [6.07, 6.45) is 0.888. The summed E-state index contributed by atoms with van der Waals surface area (Å²) < 4.78 is 5.36. The lowest BCUT2D eigenvalue weighted by molar-refractivity contribution is -0.130. The van der Waals surface area contributed by atoms with Crippen molar-refractivity contribution in [1.82, 2.24) is 20.9 Å². The van der Waals surface area contributed by atoms with Gasteiger partial charge in [0.25, 0.3) is 5.91 Å². The summed E-state index contributed by atoms with van der Waals surface area (Å²) in [6, 6.07) is 2.92. The van der Waals surface area contributed by atoms with Crippen LogP contribution in [0.1, 0.15) is 64.4 Å². The van der Waals surface area contributed by atoms with Crippen molar-refractivity contribution in [1.29, 1.82) is 0 Å². The number of carbonyl (C=O) groups excluding carboxylic acids is 4. The minimum atomic E-state index is -1.06. The smallest absolute Gasteiger partial charge is 0.268 e. The number of hydrogen-bond acceptors (Lipinski definition) is 5. The number of amides is 4. The monoisotopic (exact) mass is 533 g/mol. The first kappa shape index (κ1) is 28.3. The number of ether oxygens (including phenoxy) is 1. The van der Waals surface area contributed by atoms with Gasteiger partial charge in [0.15, 0.2) is 0 Å². The predicted molar refractivity (Wildman–Crippen MR) is 141 cm³/mol. The van der Waals surface area contributed by atoms with Crippen molar-refractivity contribution in [2.45, 2.75) is 71.5 Å². The summed E-state index contributed by atoms with van der Waals surface area (Å²) in [5, 5.41) is 9.43. The van der Waals surface area contributed by atoms with E-state index in [9.17, 15) is 19.2 Å². The normalized spacial score (nSPS) is 18.7. The first-order valence-corrected chi connectivity index (χ1v) is 12.6. The molecule has 6 N–H and O–H groups in total. The number of hydrogen-bond donors (Lipinski definition) is 5. The number of nitrogens with two attached hydrogens (primary N) is 1.